The van der Waals surface area contributed by atoms with E-state index in [0.29, 0.717) is 13.2 Å². The van der Waals surface area contributed by atoms with Gasteiger partial charge in [0.2, 0.25) is 0 Å². The summed E-state index contributed by atoms with van der Waals surface area (Å²) in [6.45, 7) is 10.3. The molecule has 0 unspecified atom stereocenters. The number of benzene rings is 1. The molecule has 0 saturated carbocycles. The molecule has 0 fully saturated rings. The van der Waals surface area contributed by atoms with Crippen LogP contribution in [-0.2, 0) is 39.8 Å². The van der Waals surface area contributed by atoms with Crippen LogP contribution in [0.4, 0.5) is 0 Å². The topological polar surface area (TPSA) is 94.1 Å². The van der Waals surface area contributed by atoms with Gasteiger partial charge in [-0.05, 0) is 48.8 Å². The summed E-state index contributed by atoms with van der Waals surface area (Å²) in [5.74, 6) is 1.32. The summed E-state index contributed by atoms with van der Waals surface area (Å²) in [6.07, 6.45) is 2.19. The van der Waals surface area contributed by atoms with E-state index in [-0.39, 0.29) is 69.0 Å². The van der Waals surface area contributed by atoms with E-state index in [2.05, 4.69) is 20.8 Å². The maximum atomic E-state index is 9.72. The van der Waals surface area contributed by atoms with Gasteiger partial charge in [0.15, 0.2) is 0 Å². The van der Waals surface area contributed by atoms with Crippen molar-refractivity contribution in [3.8, 4) is 5.75 Å². The van der Waals surface area contributed by atoms with Crippen LogP contribution in [0.5, 0.6) is 5.75 Å². The van der Waals surface area contributed by atoms with E-state index in [1.807, 2.05) is 31.2 Å². The fourth-order valence-electron chi connectivity index (χ4n) is 4.92. The van der Waals surface area contributed by atoms with Crippen molar-refractivity contribution in [2.45, 2.75) is 71.9 Å². The summed E-state index contributed by atoms with van der Waals surface area (Å²) in [5.41, 5.74) is 1.11. The fourth-order valence-corrected chi connectivity index (χ4v) is 4.92. The van der Waals surface area contributed by atoms with Gasteiger partial charge in [0.1, 0.15) is 26.1 Å². The molecular formula is C30H54O9. The quantitative estimate of drug-likeness (QED) is 0.141. The first-order valence-corrected chi connectivity index (χ1v) is 14.0. The molecule has 9 heteroatoms. The lowest BCUT2D eigenvalue weighted by molar-refractivity contribution is -0.157. The van der Waals surface area contributed by atoms with Gasteiger partial charge in [-0.25, -0.2) is 0 Å². The molecule has 0 amide bonds. The molecule has 1 N–H and O–H groups in total. The predicted molar refractivity (Wildman–Crippen MR) is 150 cm³/mol. The van der Waals surface area contributed by atoms with Gasteiger partial charge in [-0.3, -0.25) is 0 Å². The summed E-state index contributed by atoms with van der Waals surface area (Å²) in [7, 11) is 6.53. The lowest BCUT2D eigenvalue weighted by atomic mass is 9.83. The Balaban J connectivity index is 2.79. The molecule has 0 aliphatic carbocycles. The number of methoxy groups -OCH3 is 4. The Kier molecular flexibility index (Phi) is 19.6. The monoisotopic (exact) mass is 558 g/mol. The Bertz CT molecular complexity index is 702. The van der Waals surface area contributed by atoms with Crippen molar-refractivity contribution in [2.75, 3.05) is 62.0 Å². The maximum Gasteiger partial charge on any atom is 0.146 e. The van der Waals surface area contributed by atoms with Crippen LogP contribution in [0, 0.1) is 23.7 Å². The van der Waals surface area contributed by atoms with Gasteiger partial charge < -0.3 is 43.0 Å². The number of aliphatic hydroxyl groups is 1. The van der Waals surface area contributed by atoms with Crippen LogP contribution >= 0.6 is 0 Å². The smallest absolute Gasteiger partial charge is 0.146 e. The third-order valence-electron chi connectivity index (χ3n) is 7.28. The van der Waals surface area contributed by atoms with Crippen LogP contribution in [-0.4, -0.2) is 85.5 Å². The standard InChI is InChI=1S/C30H54O9/c1-22(29(24(3)17-31)38-20-33-6)9-14-28(37-19-32-5)25(4)30(39-21-34-7)23(2)15-16-36-18-26-10-12-27(35-8)13-11-26/h10-13,22-25,28-31H,9,14-21H2,1-8H3/t22-,23+,24+,25-,28+,29-,30+/m0/s1. The zero-order valence-electron chi connectivity index (χ0n) is 25.4. The molecule has 0 aromatic heterocycles. The first-order chi connectivity index (χ1) is 18.8. The normalized spacial score (nSPS) is 17.3. The molecule has 39 heavy (non-hydrogen) atoms. The van der Waals surface area contributed by atoms with Crippen LogP contribution in [0.2, 0.25) is 0 Å². The van der Waals surface area contributed by atoms with Crippen LogP contribution < -0.4 is 4.74 Å². The van der Waals surface area contributed by atoms with Gasteiger partial charge >= 0.3 is 0 Å². The first kappa shape index (κ1) is 35.7. The zero-order chi connectivity index (χ0) is 29.0. The molecule has 0 saturated heterocycles. The number of hydrogen-bond acceptors (Lipinski definition) is 9. The molecule has 0 aliphatic rings. The van der Waals surface area contributed by atoms with Crippen molar-refractivity contribution >= 4 is 0 Å². The molecule has 0 heterocycles. The van der Waals surface area contributed by atoms with Gasteiger partial charge in [-0.15, -0.1) is 0 Å². The number of hydrogen-bond donors (Lipinski definition) is 1. The molecule has 228 valence electrons. The molecule has 1 rings (SSSR count). The molecule has 0 spiro atoms. The van der Waals surface area contributed by atoms with Crippen molar-refractivity contribution in [1.82, 2.24) is 0 Å². The largest absolute Gasteiger partial charge is 0.497 e. The highest BCUT2D eigenvalue weighted by Gasteiger charge is 2.33. The zero-order valence-corrected chi connectivity index (χ0v) is 25.4. The van der Waals surface area contributed by atoms with E-state index in [0.717, 1.165) is 30.6 Å². The second-order valence-electron chi connectivity index (χ2n) is 10.4. The Morgan fingerprint density at radius 1 is 0.667 bits per heavy atom. The Morgan fingerprint density at radius 3 is 1.79 bits per heavy atom. The van der Waals surface area contributed by atoms with Crippen LogP contribution in [0.25, 0.3) is 0 Å². The predicted octanol–water partition coefficient (Wildman–Crippen LogP) is 4.89. The van der Waals surface area contributed by atoms with Crippen molar-refractivity contribution in [3.63, 3.8) is 0 Å². The summed E-state index contributed by atoms with van der Waals surface area (Å²) >= 11 is 0. The van der Waals surface area contributed by atoms with Crippen molar-refractivity contribution in [2.24, 2.45) is 23.7 Å². The van der Waals surface area contributed by atoms with E-state index in [4.69, 9.17) is 37.9 Å². The molecular weight excluding hydrogens is 504 g/mol. The molecule has 1 aromatic rings. The second-order valence-corrected chi connectivity index (χ2v) is 10.4. The SMILES string of the molecule is COCO[C@H]([C@H](C)CO)[C@@H](C)CC[C@@H](OCOC)[C@H](C)[C@H](OCOC)[C@H](C)CCOCc1ccc(OC)cc1. The van der Waals surface area contributed by atoms with Gasteiger partial charge in [0.25, 0.3) is 0 Å². The number of aliphatic hydroxyl groups excluding tert-OH is 1. The van der Waals surface area contributed by atoms with Gasteiger partial charge in [-0.1, -0.05) is 39.8 Å². The van der Waals surface area contributed by atoms with Crippen molar-refractivity contribution in [1.29, 1.82) is 0 Å². The minimum absolute atomic E-state index is 0.00152. The summed E-state index contributed by atoms with van der Waals surface area (Å²) in [4.78, 5) is 0. The summed E-state index contributed by atoms with van der Waals surface area (Å²) in [5, 5.41) is 9.72. The Labute approximate surface area is 236 Å². The molecule has 1 aromatic carbocycles. The van der Waals surface area contributed by atoms with Gasteiger partial charge in [-0.2, -0.15) is 0 Å². The Morgan fingerprint density at radius 2 is 1.23 bits per heavy atom. The van der Waals surface area contributed by atoms with Gasteiger partial charge in [0.05, 0.1) is 32.0 Å². The average molecular weight is 559 g/mol. The number of rotatable bonds is 24. The fraction of sp³-hybridized carbons (Fsp3) is 0.800. The van der Waals surface area contributed by atoms with Crippen LogP contribution in [0.3, 0.4) is 0 Å². The van der Waals surface area contributed by atoms with Gasteiger partial charge in [0, 0.05) is 46.4 Å². The Hall–Kier alpha value is -1.30. The lowest BCUT2D eigenvalue weighted by Gasteiger charge is -2.35. The molecule has 0 radical (unpaired) electrons. The molecule has 0 aliphatic heterocycles. The first-order valence-electron chi connectivity index (χ1n) is 14.0. The van der Waals surface area contributed by atoms with E-state index in [1.54, 1.807) is 28.4 Å². The van der Waals surface area contributed by atoms with E-state index in [1.165, 1.54) is 0 Å². The highest BCUT2D eigenvalue weighted by atomic mass is 16.7. The minimum Gasteiger partial charge on any atom is -0.497 e. The highest BCUT2D eigenvalue weighted by Crippen LogP contribution is 2.30. The highest BCUT2D eigenvalue weighted by molar-refractivity contribution is 5.26. The maximum absolute atomic E-state index is 9.72. The average Bonchev–Trinajstić information content (AvgIpc) is 2.95. The second kappa shape index (κ2) is 21.4. The van der Waals surface area contributed by atoms with E-state index < -0.39 is 0 Å². The van der Waals surface area contributed by atoms with E-state index in [9.17, 15) is 5.11 Å². The van der Waals surface area contributed by atoms with Crippen molar-refractivity contribution < 1.29 is 43.0 Å². The van der Waals surface area contributed by atoms with E-state index >= 15 is 0 Å². The third-order valence-corrected chi connectivity index (χ3v) is 7.28. The van der Waals surface area contributed by atoms with Crippen LogP contribution in [0.15, 0.2) is 24.3 Å². The van der Waals surface area contributed by atoms with Crippen molar-refractivity contribution in [3.05, 3.63) is 29.8 Å². The lowest BCUT2D eigenvalue weighted by Crippen LogP contribution is -2.39. The molecule has 0 bridgehead atoms. The summed E-state index contributed by atoms with van der Waals surface area (Å²) < 4.78 is 45.1. The minimum atomic E-state index is -0.115. The molecule has 9 nitrogen and oxygen atoms in total. The summed E-state index contributed by atoms with van der Waals surface area (Å²) in [6, 6.07) is 7.91. The molecule has 7 atom stereocenters. The number of ether oxygens (including phenoxy) is 8. The third kappa shape index (κ3) is 13.7. The van der Waals surface area contributed by atoms with Crippen LogP contribution in [0.1, 0.15) is 52.5 Å².